The molecule has 0 aliphatic carbocycles. The van der Waals surface area contributed by atoms with Gasteiger partial charge in [-0.1, -0.05) is 6.92 Å². The Morgan fingerprint density at radius 2 is 2.00 bits per heavy atom. The van der Waals surface area contributed by atoms with E-state index in [-0.39, 0.29) is 0 Å². The molecule has 9 heteroatoms. The molecule has 4 aromatic rings. The number of hydrogen-bond acceptors (Lipinski definition) is 8. The molecule has 0 saturated carbocycles. The number of hydrogen-bond donors (Lipinski definition) is 0. The zero-order valence-electron chi connectivity index (χ0n) is 15.2. The number of likely N-dealkylation sites (N-methyl/N-ethyl adjacent to an activating group) is 1. The number of fused-ring (bicyclic) bond motifs is 2. The van der Waals surface area contributed by atoms with Crippen molar-refractivity contribution in [1.29, 1.82) is 0 Å². The molecule has 0 aromatic carbocycles. The fourth-order valence-corrected chi connectivity index (χ4v) is 3.53. The van der Waals surface area contributed by atoms with Crippen LogP contribution in [0.3, 0.4) is 0 Å². The normalized spacial score (nSPS) is 14.7. The molecule has 27 heavy (non-hydrogen) atoms. The van der Waals surface area contributed by atoms with Crippen LogP contribution in [-0.4, -0.2) is 60.7 Å². The predicted octanol–water partition coefficient (Wildman–Crippen LogP) is 1.35. The lowest BCUT2D eigenvalue weighted by molar-refractivity contribution is 0.490. The summed E-state index contributed by atoms with van der Waals surface area (Å²) in [5.74, 6) is 2.73. The molecule has 5 rings (SSSR count). The second-order valence-electron chi connectivity index (χ2n) is 6.66. The highest BCUT2D eigenvalue weighted by atomic mass is 15.4. The van der Waals surface area contributed by atoms with Crippen LogP contribution in [0, 0.1) is 0 Å². The average molecular weight is 361 g/mol. The van der Waals surface area contributed by atoms with Crippen molar-refractivity contribution >= 4 is 28.3 Å². The van der Waals surface area contributed by atoms with Crippen LogP contribution in [-0.2, 0) is 6.42 Å². The van der Waals surface area contributed by atoms with E-state index in [4.69, 9.17) is 0 Å². The summed E-state index contributed by atoms with van der Waals surface area (Å²) in [7, 11) is 2.07. The molecule has 0 amide bonds. The molecule has 4 aromatic heterocycles. The van der Waals surface area contributed by atoms with Crippen molar-refractivity contribution < 1.29 is 0 Å². The molecule has 1 fully saturated rings. The van der Waals surface area contributed by atoms with Crippen LogP contribution in [0.1, 0.15) is 12.7 Å². The third-order valence-electron chi connectivity index (χ3n) is 5.13. The number of rotatable bonds is 4. The van der Waals surface area contributed by atoms with E-state index in [9.17, 15) is 0 Å². The number of aryl methyl sites for hydroxylation is 1. The van der Waals surface area contributed by atoms with Gasteiger partial charge in [0, 0.05) is 45.1 Å². The third kappa shape index (κ3) is 2.46. The zero-order valence-corrected chi connectivity index (χ0v) is 15.2. The van der Waals surface area contributed by atoms with Crippen LogP contribution < -0.4 is 9.80 Å². The Hall–Kier alpha value is -3.36. The van der Waals surface area contributed by atoms with E-state index in [0.29, 0.717) is 11.7 Å². The van der Waals surface area contributed by atoms with E-state index in [1.54, 1.807) is 12.5 Å². The van der Waals surface area contributed by atoms with Crippen molar-refractivity contribution in [2.24, 2.45) is 0 Å². The largest absolute Gasteiger partial charge is 0.352 e. The van der Waals surface area contributed by atoms with Gasteiger partial charge in [0.1, 0.15) is 18.0 Å². The first-order chi connectivity index (χ1) is 13.3. The van der Waals surface area contributed by atoms with Gasteiger partial charge in [0.2, 0.25) is 5.65 Å². The fourth-order valence-electron chi connectivity index (χ4n) is 3.53. The molecular formula is C18H19N9. The molecule has 1 aliphatic heterocycles. The molecule has 136 valence electrons. The van der Waals surface area contributed by atoms with Crippen molar-refractivity contribution in [3.8, 4) is 0 Å². The van der Waals surface area contributed by atoms with Gasteiger partial charge >= 0.3 is 0 Å². The Morgan fingerprint density at radius 1 is 1.11 bits per heavy atom. The van der Waals surface area contributed by atoms with Crippen molar-refractivity contribution in [3.05, 3.63) is 42.9 Å². The molecule has 0 radical (unpaired) electrons. The smallest absolute Gasteiger partial charge is 0.203 e. The second-order valence-corrected chi connectivity index (χ2v) is 6.66. The summed E-state index contributed by atoms with van der Waals surface area (Å²) in [5.41, 5.74) is 1.53. The summed E-state index contributed by atoms with van der Waals surface area (Å²) in [6, 6.07) is 4.26. The minimum absolute atomic E-state index is 0.332. The lowest BCUT2D eigenvalue weighted by Gasteiger charge is -2.45. The predicted molar refractivity (Wildman–Crippen MR) is 102 cm³/mol. The van der Waals surface area contributed by atoms with E-state index in [2.05, 4.69) is 53.9 Å². The third-order valence-corrected chi connectivity index (χ3v) is 5.13. The highest BCUT2D eigenvalue weighted by molar-refractivity contribution is 5.86. The summed E-state index contributed by atoms with van der Waals surface area (Å²) in [6.45, 7) is 3.78. The second kappa shape index (κ2) is 6.11. The maximum atomic E-state index is 4.54. The summed E-state index contributed by atoms with van der Waals surface area (Å²) < 4.78 is 2.02. The highest BCUT2D eigenvalue weighted by Crippen LogP contribution is 2.29. The topological polar surface area (TPSA) is 88.2 Å². The molecule has 0 N–H and O–H groups in total. The minimum Gasteiger partial charge on any atom is -0.352 e. The molecule has 9 nitrogen and oxygen atoms in total. The van der Waals surface area contributed by atoms with Crippen LogP contribution in [0.15, 0.2) is 37.1 Å². The van der Waals surface area contributed by atoms with Gasteiger partial charge in [-0.15, -0.1) is 10.2 Å². The quantitative estimate of drug-likeness (QED) is 0.538. The summed E-state index contributed by atoms with van der Waals surface area (Å²) in [5, 5.41) is 9.55. The lowest BCUT2D eigenvalue weighted by atomic mass is 10.1. The monoisotopic (exact) mass is 361 g/mol. The fraction of sp³-hybridized carbons (Fsp3) is 0.333. The van der Waals surface area contributed by atoms with E-state index in [1.165, 1.54) is 0 Å². The van der Waals surface area contributed by atoms with Gasteiger partial charge < -0.3 is 9.80 Å². The molecule has 1 saturated heterocycles. The maximum absolute atomic E-state index is 4.54. The molecular weight excluding hydrogens is 342 g/mol. The number of pyridine rings is 1. The first-order valence-electron chi connectivity index (χ1n) is 8.98. The molecule has 0 atom stereocenters. The van der Waals surface area contributed by atoms with Gasteiger partial charge in [0.05, 0.1) is 11.4 Å². The van der Waals surface area contributed by atoms with Gasteiger partial charge in [-0.2, -0.15) is 0 Å². The SMILES string of the molecule is CCc1nnc2c(N3CC(N(C)c4ncnc5ncccc45)C3)nccn12. The van der Waals surface area contributed by atoms with E-state index >= 15 is 0 Å². The van der Waals surface area contributed by atoms with Crippen molar-refractivity contribution in [1.82, 2.24) is 34.5 Å². The van der Waals surface area contributed by atoms with Crippen molar-refractivity contribution in [2.45, 2.75) is 19.4 Å². The molecule has 0 unspecified atom stereocenters. The molecule has 0 spiro atoms. The minimum atomic E-state index is 0.332. The molecule has 1 aliphatic rings. The van der Waals surface area contributed by atoms with Crippen LogP contribution in [0.25, 0.3) is 16.7 Å². The van der Waals surface area contributed by atoms with Gasteiger partial charge in [0.25, 0.3) is 0 Å². The molecule has 5 heterocycles. The van der Waals surface area contributed by atoms with E-state index < -0.39 is 0 Å². The summed E-state index contributed by atoms with van der Waals surface area (Å²) in [6.07, 6.45) is 7.89. The Kier molecular flexibility index (Phi) is 3.59. The number of anilines is 2. The Bertz CT molecular complexity index is 1110. The number of aromatic nitrogens is 7. The number of nitrogens with zero attached hydrogens (tertiary/aromatic N) is 9. The van der Waals surface area contributed by atoms with Crippen LogP contribution >= 0.6 is 0 Å². The Labute approximate surface area is 155 Å². The zero-order chi connectivity index (χ0) is 18.4. The van der Waals surface area contributed by atoms with Crippen molar-refractivity contribution in [2.75, 3.05) is 29.9 Å². The van der Waals surface area contributed by atoms with E-state index in [0.717, 1.165) is 48.0 Å². The van der Waals surface area contributed by atoms with Crippen LogP contribution in [0.5, 0.6) is 0 Å². The van der Waals surface area contributed by atoms with Crippen LogP contribution in [0.4, 0.5) is 11.6 Å². The standard InChI is InChI=1S/C18H19N9/c1-3-14-23-24-18-17(20-7-8-27(14)18)26-9-12(10-26)25(2)16-13-5-4-6-19-15(13)21-11-22-16/h4-8,11-12H,3,9-10H2,1-2H3. The summed E-state index contributed by atoms with van der Waals surface area (Å²) >= 11 is 0. The van der Waals surface area contributed by atoms with Gasteiger partial charge in [0.15, 0.2) is 11.5 Å². The highest BCUT2D eigenvalue weighted by Gasteiger charge is 2.34. The van der Waals surface area contributed by atoms with Gasteiger partial charge in [-0.25, -0.2) is 19.9 Å². The lowest BCUT2D eigenvalue weighted by Crippen LogP contribution is -2.59. The van der Waals surface area contributed by atoms with E-state index in [1.807, 2.05) is 28.9 Å². The Balaban J connectivity index is 1.40. The van der Waals surface area contributed by atoms with Gasteiger partial charge in [-0.3, -0.25) is 4.40 Å². The van der Waals surface area contributed by atoms with Crippen molar-refractivity contribution in [3.63, 3.8) is 0 Å². The molecule has 0 bridgehead atoms. The van der Waals surface area contributed by atoms with Crippen LogP contribution in [0.2, 0.25) is 0 Å². The maximum Gasteiger partial charge on any atom is 0.203 e. The first kappa shape index (κ1) is 15.9. The van der Waals surface area contributed by atoms with Gasteiger partial charge in [-0.05, 0) is 12.1 Å². The average Bonchev–Trinajstić information content (AvgIpc) is 3.10. The Morgan fingerprint density at radius 3 is 2.85 bits per heavy atom. The summed E-state index contributed by atoms with van der Waals surface area (Å²) in [4.78, 5) is 22.0. The first-order valence-corrected chi connectivity index (χ1v) is 8.98.